The van der Waals surface area contributed by atoms with E-state index in [1.807, 2.05) is 0 Å². The van der Waals surface area contributed by atoms with Crippen LogP contribution in [0.4, 0.5) is 0 Å². The normalized spacial score (nSPS) is 32.8. The van der Waals surface area contributed by atoms with Gasteiger partial charge >= 0.3 is 0 Å². The first-order chi connectivity index (χ1) is 8.73. The molecule has 0 aliphatic carbocycles. The summed E-state index contributed by atoms with van der Waals surface area (Å²) in [5.74, 6) is 0.857. The van der Waals surface area contributed by atoms with Gasteiger partial charge in [0.1, 0.15) is 0 Å². The van der Waals surface area contributed by atoms with Crippen molar-refractivity contribution < 1.29 is 4.74 Å². The zero-order chi connectivity index (χ0) is 13.0. The summed E-state index contributed by atoms with van der Waals surface area (Å²) in [5.41, 5.74) is 0.171. The maximum absolute atomic E-state index is 6.09. The molecule has 0 radical (unpaired) electrons. The molecule has 0 aromatic carbocycles. The average molecular weight is 254 g/mol. The van der Waals surface area contributed by atoms with Crippen molar-refractivity contribution in [3.8, 4) is 0 Å². The molecule has 2 aliphatic heterocycles. The van der Waals surface area contributed by atoms with Crippen molar-refractivity contribution in [2.45, 2.75) is 57.6 Å². The Bertz CT molecular complexity index is 253. The molecule has 2 saturated heterocycles. The van der Waals surface area contributed by atoms with Gasteiger partial charge in [-0.05, 0) is 58.2 Å². The predicted molar refractivity (Wildman–Crippen MR) is 75.9 cm³/mol. The Kier molecular flexibility index (Phi) is 5.05. The van der Waals surface area contributed by atoms with E-state index in [0.717, 1.165) is 31.4 Å². The molecule has 2 rings (SSSR count). The molecule has 0 aromatic heterocycles. The van der Waals surface area contributed by atoms with Crippen molar-refractivity contribution in [3.05, 3.63) is 0 Å². The van der Waals surface area contributed by atoms with Crippen LogP contribution in [-0.2, 0) is 4.74 Å². The predicted octanol–water partition coefficient (Wildman–Crippen LogP) is 2.27. The second-order valence-electron chi connectivity index (χ2n) is 6.09. The lowest BCUT2D eigenvalue weighted by Crippen LogP contribution is -2.47. The van der Waals surface area contributed by atoms with E-state index in [9.17, 15) is 0 Å². The molecule has 2 aliphatic rings. The fraction of sp³-hybridized carbons (Fsp3) is 1.00. The first-order valence-corrected chi connectivity index (χ1v) is 7.75. The minimum atomic E-state index is 0.171. The van der Waals surface area contributed by atoms with E-state index in [1.54, 1.807) is 0 Å². The van der Waals surface area contributed by atoms with Gasteiger partial charge in [-0.2, -0.15) is 0 Å². The summed E-state index contributed by atoms with van der Waals surface area (Å²) in [4.78, 5) is 2.73. The van der Waals surface area contributed by atoms with Crippen LogP contribution in [0.2, 0.25) is 0 Å². The van der Waals surface area contributed by atoms with Crippen LogP contribution in [0.15, 0.2) is 0 Å². The molecule has 2 unspecified atom stereocenters. The van der Waals surface area contributed by atoms with Crippen molar-refractivity contribution in [3.63, 3.8) is 0 Å². The third-order valence-corrected chi connectivity index (χ3v) is 5.08. The molecular weight excluding hydrogens is 224 g/mol. The Morgan fingerprint density at radius 3 is 2.72 bits per heavy atom. The second kappa shape index (κ2) is 6.36. The van der Waals surface area contributed by atoms with E-state index < -0.39 is 0 Å². The highest BCUT2D eigenvalue weighted by Gasteiger charge is 2.38. The van der Waals surface area contributed by atoms with Crippen molar-refractivity contribution in [2.24, 2.45) is 5.92 Å². The van der Waals surface area contributed by atoms with Crippen LogP contribution in [0.5, 0.6) is 0 Å². The fourth-order valence-corrected chi connectivity index (χ4v) is 3.71. The number of hydrogen-bond donors (Lipinski definition) is 1. The summed E-state index contributed by atoms with van der Waals surface area (Å²) in [6.07, 6.45) is 6.16. The number of likely N-dealkylation sites (tertiary alicyclic amines) is 1. The molecule has 106 valence electrons. The van der Waals surface area contributed by atoms with E-state index in [1.165, 1.54) is 38.9 Å². The largest absolute Gasteiger partial charge is 0.375 e. The zero-order valence-electron chi connectivity index (χ0n) is 12.4. The maximum Gasteiger partial charge on any atom is 0.0692 e. The van der Waals surface area contributed by atoms with E-state index >= 15 is 0 Å². The molecule has 0 saturated carbocycles. The van der Waals surface area contributed by atoms with E-state index in [2.05, 4.69) is 31.1 Å². The molecule has 2 heterocycles. The van der Waals surface area contributed by atoms with Crippen LogP contribution in [-0.4, -0.2) is 49.8 Å². The number of ether oxygens (including phenoxy) is 1. The number of nitrogens with one attached hydrogen (secondary N) is 1. The van der Waals surface area contributed by atoms with Crippen LogP contribution in [0.25, 0.3) is 0 Å². The Hall–Kier alpha value is -0.120. The van der Waals surface area contributed by atoms with E-state index in [4.69, 9.17) is 4.74 Å². The van der Waals surface area contributed by atoms with Crippen molar-refractivity contribution >= 4 is 0 Å². The highest BCUT2D eigenvalue weighted by molar-refractivity contribution is 4.92. The van der Waals surface area contributed by atoms with Gasteiger partial charge in [-0.3, -0.25) is 4.90 Å². The summed E-state index contributed by atoms with van der Waals surface area (Å²) in [7, 11) is 2.07. The molecule has 0 aromatic rings. The molecule has 2 fully saturated rings. The quantitative estimate of drug-likeness (QED) is 0.814. The first kappa shape index (κ1) is 14.3. The summed E-state index contributed by atoms with van der Waals surface area (Å²) in [6, 6.07) is 0.764. The lowest BCUT2D eigenvalue weighted by Gasteiger charge is -2.43. The van der Waals surface area contributed by atoms with Crippen LogP contribution in [0.3, 0.4) is 0 Å². The van der Waals surface area contributed by atoms with E-state index in [-0.39, 0.29) is 5.60 Å². The van der Waals surface area contributed by atoms with Gasteiger partial charge in [0.2, 0.25) is 0 Å². The molecular formula is C15H30N2O. The lowest BCUT2D eigenvalue weighted by atomic mass is 9.85. The maximum atomic E-state index is 6.09. The standard InChI is InChI=1S/C15H30N2O/c1-4-15(5-2)10-14(7-9-18-15)17-8-6-13(12-17)11-16-3/h13-14,16H,4-12H2,1-3H3. The average Bonchev–Trinajstić information content (AvgIpc) is 2.88. The number of rotatable bonds is 5. The summed E-state index contributed by atoms with van der Waals surface area (Å²) >= 11 is 0. The van der Waals surface area contributed by atoms with Crippen LogP contribution >= 0.6 is 0 Å². The molecule has 0 spiro atoms. The number of hydrogen-bond acceptors (Lipinski definition) is 3. The van der Waals surface area contributed by atoms with Gasteiger partial charge in [-0.25, -0.2) is 0 Å². The lowest BCUT2D eigenvalue weighted by molar-refractivity contribution is -0.108. The Labute approximate surface area is 112 Å². The van der Waals surface area contributed by atoms with Gasteiger partial charge in [-0.1, -0.05) is 13.8 Å². The minimum absolute atomic E-state index is 0.171. The molecule has 3 nitrogen and oxygen atoms in total. The SMILES string of the molecule is CCC1(CC)CC(N2CCC(CNC)C2)CCO1. The van der Waals surface area contributed by atoms with Crippen molar-refractivity contribution in [2.75, 3.05) is 33.3 Å². The number of nitrogens with zero attached hydrogens (tertiary/aromatic N) is 1. The third kappa shape index (κ3) is 3.06. The van der Waals surface area contributed by atoms with Crippen LogP contribution in [0, 0.1) is 5.92 Å². The highest BCUT2D eigenvalue weighted by Crippen LogP contribution is 2.35. The Balaban J connectivity index is 1.89. The van der Waals surface area contributed by atoms with Crippen molar-refractivity contribution in [1.29, 1.82) is 0 Å². The third-order valence-electron chi connectivity index (χ3n) is 5.08. The molecule has 1 N–H and O–H groups in total. The van der Waals surface area contributed by atoms with E-state index in [0.29, 0.717) is 0 Å². The smallest absolute Gasteiger partial charge is 0.0692 e. The fourth-order valence-electron chi connectivity index (χ4n) is 3.71. The molecule has 0 bridgehead atoms. The molecule has 3 heteroatoms. The van der Waals surface area contributed by atoms with Crippen LogP contribution in [0.1, 0.15) is 46.0 Å². The van der Waals surface area contributed by atoms with Crippen molar-refractivity contribution in [1.82, 2.24) is 10.2 Å². The Morgan fingerprint density at radius 1 is 1.28 bits per heavy atom. The minimum Gasteiger partial charge on any atom is -0.375 e. The summed E-state index contributed by atoms with van der Waals surface area (Å²) in [5, 5.41) is 3.32. The van der Waals surface area contributed by atoms with Gasteiger partial charge in [0.05, 0.1) is 5.60 Å². The van der Waals surface area contributed by atoms with Gasteiger partial charge in [0, 0.05) is 19.2 Å². The molecule has 18 heavy (non-hydrogen) atoms. The van der Waals surface area contributed by atoms with Gasteiger partial charge in [0.25, 0.3) is 0 Å². The second-order valence-corrected chi connectivity index (χ2v) is 6.09. The Morgan fingerprint density at radius 2 is 2.06 bits per heavy atom. The van der Waals surface area contributed by atoms with Crippen LogP contribution < -0.4 is 5.32 Å². The summed E-state index contributed by atoms with van der Waals surface area (Å²) in [6.45, 7) is 9.26. The first-order valence-electron chi connectivity index (χ1n) is 7.75. The topological polar surface area (TPSA) is 24.5 Å². The van der Waals surface area contributed by atoms with Gasteiger partial charge < -0.3 is 10.1 Å². The molecule has 2 atom stereocenters. The van der Waals surface area contributed by atoms with Gasteiger partial charge in [-0.15, -0.1) is 0 Å². The summed E-state index contributed by atoms with van der Waals surface area (Å²) < 4.78 is 6.09. The monoisotopic (exact) mass is 254 g/mol. The van der Waals surface area contributed by atoms with Gasteiger partial charge in [0.15, 0.2) is 0 Å². The zero-order valence-corrected chi connectivity index (χ0v) is 12.4. The highest BCUT2D eigenvalue weighted by atomic mass is 16.5. The molecule has 0 amide bonds.